The first-order valence-corrected chi connectivity index (χ1v) is 6.30. The lowest BCUT2D eigenvalue weighted by Crippen LogP contribution is -2.44. The standard InChI is InChI=1S/C11H17BO4S/c1-6(13)10(17)16-11-4-3-7(14-2)9(11)15-8(12)5-11/h7-10,17H,3-5H2,1-2H3/t7?,8?,9-,10?,11-/m0/s1. The van der Waals surface area contributed by atoms with E-state index in [0.717, 1.165) is 12.8 Å². The minimum Gasteiger partial charge on any atom is -0.379 e. The topological polar surface area (TPSA) is 44.8 Å². The maximum absolute atomic E-state index is 11.2. The SMILES string of the molecule is [B]C1C[C@@]2(OC(S)C(C)=O)CCC(OC)[C@@H]2O1. The van der Waals surface area contributed by atoms with Gasteiger partial charge >= 0.3 is 0 Å². The summed E-state index contributed by atoms with van der Waals surface area (Å²) in [6.07, 6.45) is 2.01. The lowest BCUT2D eigenvalue weighted by molar-refractivity contribution is -0.141. The molecule has 0 bridgehead atoms. The lowest BCUT2D eigenvalue weighted by atomic mass is 9.88. The lowest BCUT2D eigenvalue weighted by Gasteiger charge is -2.31. The Morgan fingerprint density at radius 1 is 1.65 bits per heavy atom. The highest BCUT2D eigenvalue weighted by Crippen LogP contribution is 2.46. The molecule has 1 aliphatic heterocycles. The molecule has 3 unspecified atom stereocenters. The van der Waals surface area contributed by atoms with Gasteiger partial charge in [-0.2, -0.15) is 0 Å². The van der Waals surface area contributed by atoms with Crippen LogP contribution in [-0.4, -0.2) is 50.0 Å². The van der Waals surface area contributed by atoms with Crippen LogP contribution in [0.15, 0.2) is 0 Å². The number of carbonyl (C=O) groups is 1. The van der Waals surface area contributed by atoms with Gasteiger partial charge in [0.2, 0.25) is 0 Å². The van der Waals surface area contributed by atoms with E-state index in [2.05, 4.69) is 12.6 Å². The van der Waals surface area contributed by atoms with E-state index in [1.807, 2.05) is 0 Å². The van der Waals surface area contributed by atoms with Gasteiger partial charge in [-0.05, 0) is 26.2 Å². The molecule has 6 heteroatoms. The van der Waals surface area contributed by atoms with Crippen molar-refractivity contribution in [3.63, 3.8) is 0 Å². The molecular weight excluding hydrogens is 239 g/mol. The third kappa shape index (κ3) is 2.41. The van der Waals surface area contributed by atoms with Crippen LogP contribution in [-0.2, 0) is 19.0 Å². The highest BCUT2D eigenvalue weighted by Gasteiger charge is 2.57. The number of ether oxygens (including phenoxy) is 3. The van der Waals surface area contributed by atoms with Crippen molar-refractivity contribution >= 4 is 26.3 Å². The summed E-state index contributed by atoms with van der Waals surface area (Å²) >= 11 is 4.16. The Kier molecular flexibility index (Phi) is 3.88. The number of rotatable bonds is 4. The summed E-state index contributed by atoms with van der Waals surface area (Å²) in [5, 5.41) is 0. The van der Waals surface area contributed by atoms with Crippen molar-refractivity contribution in [2.75, 3.05) is 7.11 Å². The van der Waals surface area contributed by atoms with E-state index in [1.165, 1.54) is 6.92 Å². The van der Waals surface area contributed by atoms with Crippen molar-refractivity contribution in [2.45, 2.75) is 55.4 Å². The highest BCUT2D eigenvalue weighted by atomic mass is 32.1. The molecule has 94 valence electrons. The van der Waals surface area contributed by atoms with Crippen molar-refractivity contribution < 1.29 is 19.0 Å². The van der Waals surface area contributed by atoms with Gasteiger partial charge in [-0.15, -0.1) is 12.6 Å². The van der Waals surface area contributed by atoms with E-state index in [1.54, 1.807) is 7.11 Å². The molecule has 1 saturated carbocycles. The zero-order valence-corrected chi connectivity index (χ0v) is 11.0. The zero-order chi connectivity index (χ0) is 12.6. The molecule has 0 aromatic carbocycles. The monoisotopic (exact) mass is 256 g/mol. The zero-order valence-electron chi connectivity index (χ0n) is 10.1. The number of hydrogen-bond acceptors (Lipinski definition) is 5. The van der Waals surface area contributed by atoms with Gasteiger partial charge < -0.3 is 14.2 Å². The molecule has 0 amide bonds. The van der Waals surface area contributed by atoms with Gasteiger partial charge in [0.15, 0.2) is 11.2 Å². The number of ketones is 1. The summed E-state index contributed by atoms with van der Waals surface area (Å²) in [7, 11) is 7.46. The minimum absolute atomic E-state index is 0.0176. The van der Waals surface area contributed by atoms with Crippen molar-refractivity contribution in [3.05, 3.63) is 0 Å². The van der Waals surface area contributed by atoms with Gasteiger partial charge in [-0.25, -0.2) is 0 Å². The fourth-order valence-electron chi connectivity index (χ4n) is 2.75. The molecule has 0 aromatic heterocycles. The van der Waals surface area contributed by atoms with Gasteiger partial charge in [0.05, 0.1) is 6.10 Å². The van der Waals surface area contributed by atoms with Crippen molar-refractivity contribution in [1.29, 1.82) is 0 Å². The summed E-state index contributed by atoms with van der Waals surface area (Å²) in [6, 6.07) is -0.356. The maximum atomic E-state index is 11.2. The van der Waals surface area contributed by atoms with E-state index < -0.39 is 11.0 Å². The minimum atomic E-state index is -0.720. The van der Waals surface area contributed by atoms with Crippen LogP contribution in [0.25, 0.3) is 0 Å². The second kappa shape index (κ2) is 4.92. The molecular formula is C11H17BO4S. The Morgan fingerprint density at radius 3 is 2.94 bits per heavy atom. The molecule has 2 fully saturated rings. The van der Waals surface area contributed by atoms with Crippen LogP contribution in [0.1, 0.15) is 26.2 Å². The van der Waals surface area contributed by atoms with Crippen LogP contribution in [0.5, 0.6) is 0 Å². The molecule has 1 aliphatic carbocycles. The number of hydrogen-bond donors (Lipinski definition) is 1. The maximum Gasteiger partial charge on any atom is 0.168 e. The average molecular weight is 256 g/mol. The van der Waals surface area contributed by atoms with Crippen LogP contribution in [0.4, 0.5) is 0 Å². The number of carbonyl (C=O) groups excluding carboxylic acids is 1. The van der Waals surface area contributed by atoms with Gasteiger partial charge in [-0.1, -0.05) is 0 Å². The van der Waals surface area contributed by atoms with E-state index >= 15 is 0 Å². The van der Waals surface area contributed by atoms with Gasteiger partial charge in [-0.3, -0.25) is 4.79 Å². The molecule has 1 heterocycles. The number of Topliss-reactive ketones (excluding diaryl/α,β-unsaturated/α-hetero) is 1. The predicted molar refractivity (Wildman–Crippen MR) is 66.3 cm³/mol. The average Bonchev–Trinajstić information content (AvgIpc) is 2.71. The third-order valence-electron chi connectivity index (χ3n) is 3.57. The molecule has 5 atom stereocenters. The van der Waals surface area contributed by atoms with Crippen LogP contribution < -0.4 is 0 Å². The largest absolute Gasteiger partial charge is 0.379 e. The first-order valence-electron chi connectivity index (χ1n) is 5.79. The van der Waals surface area contributed by atoms with Gasteiger partial charge in [0, 0.05) is 13.1 Å². The normalized spacial score (nSPS) is 42.4. The molecule has 0 aromatic rings. The first kappa shape index (κ1) is 13.4. The van der Waals surface area contributed by atoms with E-state index in [-0.39, 0.29) is 24.0 Å². The van der Waals surface area contributed by atoms with Crippen LogP contribution >= 0.6 is 12.6 Å². The predicted octanol–water partition coefficient (Wildman–Crippen LogP) is 0.679. The molecule has 2 rings (SSSR count). The van der Waals surface area contributed by atoms with Crippen LogP contribution in [0.2, 0.25) is 0 Å². The Bertz CT molecular complexity index is 314. The summed E-state index contributed by atoms with van der Waals surface area (Å²) in [4.78, 5) is 11.2. The van der Waals surface area contributed by atoms with Gasteiger partial charge in [0.25, 0.3) is 0 Å². The quantitative estimate of drug-likeness (QED) is 0.456. The molecule has 4 nitrogen and oxygen atoms in total. The van der Waals surface area contributed by atoms with Crippen molar-refractivity contribution in [2.24, 2.45) is 0 Å². The Labute approximate surface area is 108 Å². The van der Waals surface area contributed by atoms with Crippen molar-refractivity contribution in [1.82, 2.24) is 0 Å². The summed E-state index contributed by atoms with van der Waals surface area (Å²) in [6.45, 7) is 1.46. The molecule has 17 heavy (non-hydrogen) atoms. The molecule has 1 saturated heterocycles. The van der Waals surface area contributed by atoms with Crippen LogP contribution in [0, 0.1) is 0 Å². The van der Waals surface area contributed by atoms with Gasteiger partial charge in [0.1, 0.15) is 19.6 Å². The fraction of sp³-hybridized carbons (Fsp3) is 0.909. The summed E-state index contributed by atoms with van der Waals surface area (Å²) in [5.74, 6) is -0.109. The second-order valence-corrected chi connectivity index (χ2v) is 5.23. The molecule has 0 spiro atoms. The molecule has 0 N–H and O–H groups in total. The smallest absolute Gasteiger partial charge is 0.168 e. The Morgan fingerprint density at radius 2 is 2.35 bits per heavy atom. The number of fused-ring (bicyclic) bond motifs is 1. The highest BCUT2D eigenvalue weighted by molar-refractivity contribution is 7.81. The number of methoxy groups -OCH3 is 1. The second-order valence-electron chi connectivity index (χ2n) is 4.76. The van der Waals surface area contributed by atoms with E-state index in [4.69, 9.17) is 22.1 Å². The van der Waals surface area contributed by atoms with Crippen LogP contribution in [0.3, 0.4) is 0 Å². The first-order chi connectivity index (χ1) is 7.98. The van der Waals surface area contributed by atoms with E-state index in [9.17, 15) is 4.79 Å². The molecule has 2 aliphatic rings. The van der Waals surface area contributed by atoms with Crippen molar-refractivity contribution in [3.8, 4) is 0 Å². The summed E-state index contributed by atoms with van der Waals surface area (Å²) < 4.78 is 16.8. The fourth-order valence-corrected chi connectivity index (χ4v) is 2.96. The number of thiol groups is 1. The Balaban J connectivity index is 2.13. The summed E-state index contributed by atoms with van der Waals surface area (Å²) in [5.41, 5.74) is -1.24. The Hall–Kier alpha value is -0.0351. The van der Waals surface area contributed by atoms with E-state index in [0.29, 0.717) is 6.42 Å². The molecule has 2 radical (unpaired) electrons. The third-order valence-corrected chi connectivity index (χ3v) is 4.04.